The SMILES string of the molecule is CCCCCCCCC/C=C\CCCCCCCCCC(=O)OCC(O)COP(=O)(O)OCCNC(=O)CCCCCCCCCCC. The van der Waals surface area contributed by atoms with Crippen LogP contribution in [0.25, 0.3) is 0 Å². The van der Waals surface area contributed by atoms with Crippen LogP contribution in [-0.2, 0) is 27.9 Å². The topological polar surface area (TPSA) is 131 Å². The molecule has 0 heterocycles. The summed E-state index contributed by atoms with van der Waals surface area (Å²) < 4.78 is 26.7. The van der Waals surface area contributed by atoms with E-state index in [9.17, 15) is 24.2 Å². The Morgan fingerprint density at radius 2 is 1.06 bits per heavy atom. The van der Waals surface area contributed by atoms with E-state index >= 15 is 0 Å². The van der Waals surface area contributed by atoms with Crippen molar-refractivity contribution < 1.29 is 37.9 Å². The molecule has 1 amide bonds. The Kier molecular flexibility index (Phi) is 34.6. The van der Waals surface area contributed by atoms with Crippen LogP contribution in [0.15, 0.2) is 12.2 Å². The Hall–Kier alpha value is -1.25. The zero-order valence-corrected chi connectivity index (χ0v) is 31.8. The zero-order chi connectivity index (χ0) is 35.4. The number of aliphatic hydroxyl groups is 1. The van der Waals surface area contributed by atoms with Crippen LogP contribution < -0.4 is 5.32 Å². The molecule has 10 heteroatoms. The highest BCUT2D eigenvalue weighted by molar-refractivity contribution is 7.47. The summed E-state index contributed by atoms with van der Waals surface area (Å²) in [5.74, 6) is -0.519. The number of hydrogen-bond acceptors (Lipinski definition) is 7. The molecule has 2 atom stereocenters. The standard InChI is InChI=1S/C38H74NO8P/c1-3-5-7-9-11-13-14-15-16-17-18-19-20-21-23-25-27-29-31-38(42)45-34-36(40)35-47-48(43,44)46-33-32-39-37(41)30-28-26-24-22-12-10-8-6-4-2/h16-17,36,40H,3-15,18-35H2,1-2H3,(H,39,41)(H,43,44)/b17-16-. The molecule has 0 fully saturated rings. The number of allylic oxidation sites excluding steroid dienone is 2. The van der Waals surface area contributed by atoms with Gasteiger partial charge in [0, 0.05) is 19.4 Å². The molecule has 0 aliphatic heterocycles. The predicted molar refractivity (Wildman–Crippen MR) is 197 cm³/mol. The molecule has 0 spiro atoms. The molecule has 0 aromatic carbocycles. The number of phosphoric acid groups is 1. The van der Waals surface area contributed by atoms with E-state index in [1.807, 2.05) is 0 Å². The first-order valence-electron chi connectivity index (χ1n) is 19.7. The van der Waals surface area contributed by atoms with Crippen LogP contribution in [0, 0.1) is 0 Å². The third-order valence-electron chi connectivity index (χ3n) is 8.45. The molecule has 0 saturated carbocycles. The van der Waals surface area contributed by atoms with Gasteiger partial charge >= 0.3 is 13.8 Å². The molecule has 2 unspecified atom stereocenters. The maximum Gasteiger partial charge on any atom is 0.472 e. The second-order valence-corrected chi connectivity index (χ2v) is 14.7. The summed E-state index contributed by atoms with van der Waals surface area (Å²) >= 11 is 0. The van der Waals surface area contributed by atoms with E-state index in [2.05, 4.69) is 31.3 Å². The van der Waals surface area contributed by atoms with Crippen molar-refractivity contribution in [2.24, 2.45) is 0 Å². The van der Waals surface area contributed by atoms with Crippen molar-refractivity contribution in [3.63, 3.8) is 0 Å². The molecule has 284 valence electrons. The average Bonchev–Trinajstić information content (AvgIpc) is 3.07. The van der Waals surface area contributed by atoms with Gasteiger partial charge < -0.3 is 20.1 Å². The predicted octanol–water partition coefficient (Wildman–Crippen LogP) is 10.3. The number of phosphoric ester groups is 1. The maximum absolute atomic E-state index is 12.0. The molecule has 48 heavy (non-hydrogen) atoms. The number of aliphatic hydroxyl groups excluding tert-OH is 1. The van der Waals surface area contributed by atoms with E-state index in [-0.39, 0.29) is 32.1 Å². The van der Waals surface area contributed by atoms with Crippen LogP contribution >= 0.6 is 7.82 Å². The average molecular weight is 704 g/mol. The van der Waals surface area contributed by atoms with Crippen molar-refractivity contribution in [2.45, 2.75) is 193 Å². The van der Waals surface area contributed by atoms with E-state index in [1.165, 1.54) is 122 Å². The molecule has 0 aliphatic rings. The summed E-state index contributed by atoms with van der Waals surface area (Å²) in [6, 6.07) is 0. The normalized spacial score (nSPS) is 13.5. The first-order chi connectivity index (χ1) is 23.3. The van der Waals surface area contributed by atoms with Gasteiger partial charge in [-0.15, -0.1) is 0 Å². The first-order valence-corrected chi connectivity index (χ1v) is 21.2. The van der Waals surface area contributed by atoms with Gasteiger partial charge in [0.1, 0.15) is 12.7 Å². The number of esters is 1. The zero-order valence-electron chi connectivity index (χ0n) is 30.9. The highest BCUT2D eigenvalue weighted by Crippen LogP contribution is 2.42. The number of rotatable bonds is 37. The Morgan fingerprint density at radius 1 is 0.625 bits per heavy atom. The van der Waals surface area contributed by atoms with Crippen molar-refractivity contribution in [3.8, 4) is 0 Å². The fourth-order valence-electron chi connectivity index (χ4n) is 5.43. The fraction of sp³-hybridized carbons (Fsp3) is 0.895. The van der Waals surface area contributed by atoms with Gasteiger partial charge in [0.15, 0.2) is 0 Å². The molecule has 0 rings (SSSR count). The summed E-state index contributed by atoms with van der Waals surface area (Å²) in [7, 11) is -4.40. The highest BCUT2D eigenvalue weighted by atomic mass is 31.2. The van der Waals surface area contributed by atoms with Crippen LogP contribution in [0.3, 0.4) is 0 Å². The largest absolute Gasteiger partial charge is 0.472 e. The smallest absolute Gasteiger partial charge is 0.463 e. The lowest BCUT2D eigenvalue weighted by Crippen LogP contribution is -2.27. The number of carbonyl (C=O) groups is 2. The minimum Gasteiger partial charge on any atom is -0.463 e. The number of hydrogen-bond donors (Lipinski definition) is 3. The van der Waals surface area contributed by atoms with E-state index in [4.69, 9.17) is 13.8 Å². The number of carbonyl (C=O) groups excluding carboxylic acids is 2. The van der Waals surface area contributed by atoms with Crippen molar-refractivity contribution >= 4 is 19.7 Å². The molecule has 0 aromatic rings. The fourth-order valence-corrected chi connectivity index (χ4v) is 6.19. The minimum absolute atomic E-state index is 0.0847. The second-order valence-electron chi connectivity index (χ2n) is 13.3. The lowest BCUT2D eigenvalue weighted by atomic mass is 10.1. The minimum atomic E-state index is -4.40. The summed E-state index contributed by atoms with van der Waals surface area (Å²) in [5, 5.41) is 12.6. The van der Waals surface area contributed by atoms with Crippen molar-refractivity contribution in [1.82, 2.24) is 5.32 Å². The lowest BCUT2D eigenvalue weighted by molar-refractivity contribution is -0.147. The quantitative estimate of drug-likeness (QED) is 0.0252. The monoisotopic (exact) mass is 704 g/mol. The molecule has 0 bridgehead atoms. The summed E-state index contributed by atoms with van der Waals surface area (Å²) in [6.07, 6.45) is 34.3. The Bertz CT molecular complexity index is 810. The molecule has 0 aromatic heterocycles. The van der Waals surface area contributed by atoms with E-state index in [0.29, 0.717) is 6.42 Å². The van der Waals surface area contributed by atoms with E-state index < -0.39 is 26.5 Å². The highest BCUT2D eigenvalue weighted by Gasteiger charge is 2.23. The van der Waals surface area contributed by atoms with Crippen molar-refractivity contribution in [2.75, 3.05) is 26.4 Å². The third-order valence-corrected chi connectivity index (χ3v) is 9.43. The van der Waals surface area contributed by atoms with Crippen LogP contribution in [0.1, 0.15) is 187 Å². The number of nitrogens with one attached hydrogen (secondary N) is 1. The van der Waals surface area contributed by atoms with E-state index in [0.717, 1.165) is 38.5 Å². The van der Waals surface area contributed by atoms with Crippen molar-refractivity contribution in [1.29, 1.82) is 0 Å². The second kappa shape index (κ2) is 35.6. The van der Waals surface area contributed by atoms with Gasteiger partial charge in [0.25, 0.3) is 0 Å². The van der Waals surface area contributed by atoms with Gasteiger partial charge in [-0.2, -0.15) is 0 Å². The van der Waals surface area contributed by atoms with Crippen LogP contribution in [0.4, 0.5) is 0 Å². The number of amides is 1. The molecule has 3 N–H and O–H groups in total. The Labute approximate surface area is 294 Å². The summed E-state index contributed by atoms with van der Waals surface area (Å²) in [5.41, 5.74) is 0. The molecular weight excluding hydrogens is 629 g/mol. The van der Waals surface area contributed by atoms with Gasteiger partial charge in [-0.1, -0.05) is 148 Å². The molecular formula is C38H74NO8P. The Morgan fingerprint density at radius 3 is 1.56 bits per heavy atom. The van der Waals surface area contributed by atoms with Crippen LogP contribution in [0.5, 0.6) is 0 Å². The molecule has 0 aliphatic carbocycles. The third kappa shape index (κ3) is 36.0. The van der Waals surface area contributed by atoms with Gasteiger partial charge in [-0.05, 0) is 38.5 Å². The first kappa shape index (κ1) is 46.8. The molecule has 0 saturated heterocycles. The Balaban J connectivity index is 3.59. The van der Waals surface area contributed by atoms with Crippen molar-refractivity contribution in [3.05, 3.63) is 12.2 Å². The van der Waals surface area contributed by atoms with Crippen LogP contribution in [0.2, 0.25) is 0 Å². The maximum atomic E-state index is 12.0. The lowest BCUT2D eigenvalue weighted by Gasteiger charge is -2.15. The van der Waals surface area contributed by atoms with Gasteiger partial charge in [-0.3, -0.25) is 18.6 Å². The summed E-state index contributed by atoms with van der Waals surface area (Å²) in [6.45, 7) is 3.53. The van der Waals surface area contributed by atoms with Crippen LogP contribution in [-0.4, -0.2) is 54.3 Å². The molecule has 0 radical (unpaired) electrons. The van der Waals surface area contributed by atoms with E-state index in [1.54, 1.807) is 0 Å². The number of ether oxygens (including phenoxy) is 1. The van der Waals surface area contributed by atoms with Gasteiger partial charge in [0.05, 0.1) is 13.2 Å². The number of unbranched alkanes of at least 4 members (excludes halogenated alkanes) is 22. The van der Waals surface area contributed by atoms with Gasteiger partial charge in [0.2, 0.25) is 5.91 Å². The van der Waals surface area contributed by atoms with Gasteiger partial charge in [-0.25, -0.2) is 4.57 Å². The molecule has 9 nitrogen and oxygen atoms in total. The summed E-state index contributed by atoms with van der Waals surface area (Å²) in [4.78, 5) is 33.7.